The Bertz CT molecular complexity index is 1300. The maximum atomic E-state index is 13.3. The van der Waals surface area contributed by atoms with E-state index in [1.54, 1.807) is 24.3 Å². The number of anilines is 1. The second-order valence-electron chi connectivity index (χ2n) is 7.49. The molecule has 0 saturated heterocycles. The van der Waals surface area contributed by atoms with Gasteiger partial charge in [-0.05, 0) is 56.3 Å². The number of hydrogen-bond acceptors (Lipinski definition) is 5. The lowest BCUT2D eigenvalue weighted by Gasteiger charge is -2.25. The highest BCUT2D eigenvalue weighted by atomic mass is 32.1. The molecule has 5 rings (SSSR count). The second kappa shape index (κ2) is 8.12. The van der Waals surface area contributed by atoms with Crippen LogP contribution in [-0.2, 0) is 4.79 Å². The first-order valence-electron chi connectivity index (χ1n) is 10.1. The van der Waals surface area contributed by atoms with Crippen molar-refractivity contribution < 1.29 is 18.7 Å². The predicted octanol–water partition coefficient (Wildman–Crippen LogP) is 5.14. The van der Waals surface area contributed by atoms with Crippen LogP contribution in [0.1, 0.15) is 11.4 Å². The number of halogens is 1. The van der Waals surface area contributed by atoms with Crippen LogP contribution in [0.25, 0.3) is 16.9 Å². The lowest BCUT2D eigenvalue weighted by Crippen LogP contribution is -2.40. The van der Waals surface area contributed by atoms with Crippen LogP contribution in [0.2, 0.25) is 0 Å². The summed E-state index contributed by atoms with van der Waals surface area (Å²) < 4.78 is 26.8. The van der Waals surface area contributed by atoms with Gasteiger partial charge in [0, 0.05) is 28.0 Å². The predicted molar refractivity (Wildman–Crippen MR) is 121 cm³/mol. The van der Waals surface area contributed by atoms with E-state index in [0.717, 1.165) is 28.3 Å². The number of carbonyl (C=O) groups is 1. The number of aryl methyl sites for hydroxylation is 1. The SMILES string of the molecule is Cc1cc(-c2csc(NC(=O)[C@H]3COc4ccccc4O3)n2)c(C)n1-c1ccc(F)cc1. The zero-order valence-electron chi connectivity index (χ0n) is 17.5. The van der Waals surface area contributed by atoms with Crippen LogP contribution >= 0.6 is 11.3 Å². The molecule has 162 valence electrons. The minimum Gasteiger partial charge on any atom is -0.485 e. The number of ether oxygens (including phenoxy) is 2. The number of hydrogen-bond donors (Lipinski definition) is 1. The highest BCUT2D eigenvalue weighted by Crippen LogP contribution is 2.33. The minimum absolute atomic E-state index is 0.139. The van der Waals surface area contributed by atoms with E-state index in [9.17, 15) is 9.18 Å². The van der Waals surface area contributed by atoms with Gasteiger partial charge in [0.15, 0.2) is 16.6 Å². The van der Waals surface area contributed by atoms with Gasteiger partial charge in [0.2, 0.25) is 6.10 Å². The minimum atomic E-state index is -0.749. The van der Waals surface area contributed by atoms with E-state index < -0.39 is 6.10 Å². The van der Waals surface area contributed by atoms with E-state index >= 15 is 0 Å². The summed E-state index contributed by atoms with van der Waals surface area (Å²) in [5.41, 5.74) is 4.59. The Balaban J connectivity index is 1.34. The van der Waals surface area contributed by atoms with Crippen LogP contribution in [0.4, 0.5) is 9.52 Å². The van der Waals surface area contributed by atoms with Crippen LogP contribution in [0.15, 0.2) is 60.0 Å². The van der Waals surface area contributed by atoms with Crippen LogP contribution in [0.3, 0.4) is 0 Å². The summed E-state index contributed by atoms with van der Waals surface area (Å²) in [6.45, 7) is 4.13. The van der Waals surface area contributed by atoms with Crippen molar-refractivity contribution in [1.29, 1.82) is 0 Å². The summed E-state index contributed by atoms with van der Waals surface area (Å²) in [4.78, 5) is 17.3. The molecule has 2 aromatic heterocycles. The third-order valence-electron chi connectivity index (χ3n) is 5.33. The highest BCUT2D eigenvalue weighted by Gasteiger charge is 2.28. The van der Waals surface area contributed by atoms with Gasteiger partial charge in [0.1, 0.15) is 12.4 Å². The number of benzene rings is 2. The average molecular weight is 450 g/mol. The molecule has 1 amide bonds. The Labute approximate surface area is 188 Å². The first-order chi connectivity index (χ1) is 15.5. The Morgan fingerprint density at radius 2 is 1.91 bits per heavy atom. The maximum Gasteiger partial charge on any atom is 0.270 e. The quantitative estimate of drug-likeness (QED) is 0.469. The van der Waals surface area contributed by atoms with Crippen molar-refractivity contribution in [2.75, 3.05) is 11.9 Å². The number of fused-ring (bicyclic) bond motifs is 1. The molecule has 1 N–H and O–H groups in total. The smallest absolute Gasteiger partial charge is 0.270 e. The lowest BCUT2D eigenvalue weighted by atomic mass is 10.2. The third-order valence-corrected chi connectivity index (χ3v) is 6.08. The number of carbonyl (C=O) groups excluding carboxylic acids is 1. The summed E-state index contributed by atoms with van der Waals surface area (Å²) in [5.74, 6) is 0.598. The number of amides is 1. The topological polar surface area (TPSA) is 65.4 Å². The number of nitrogens with zero attached hydrogens (tertiary/aromatic N) is 2. The molecule has 6 nitrogen and oxygen atoms in total. The van der Waals surface area contributed by atoms with Gasteiger partial charge in [0.05, 0.1) is 5.69 Å². The fourth-order valence-corrected chi connectivity index (χ4v) is 4.51. The van der Waals surface area contributed by atoms with Gasteiger partial charge < -0.3 is 14.0 Å². The van der Waals surface area contributed by atoms with Crippen molar-refractivity contribution in [2.24, 2.45) is 0 Å². The number of aromatic nitrogens is 2. The van der Waals surface area contributed by atoms with Crippen molar-refractivity contribution in [3.63, 3.8) is 0 Å². The highest BCUT2D eigenvalue weighted by molar-refractivity contribution is 7.14. The van der Waals surface area contributed by atoms with Gasteiger partial charge in [-0.2, -0.15) is 0 Å². The molecule has 0 fully saturated rings. The van der Waals surface area contributed by atoms with E-state index in [1.165, 1.54) is 23.5 Å². The maximum absolute atomic E-state index is 13.3. The van der Waals surface area contributed by atoms with Crippen molar-refractivity contribution in [1.82, 2.24) is 9.55 Å². The molecule has 0 saturated carbocycles. The van der Waals surface area contributed by atoms with Gasteiger partial charge in [-0.15, -0.1) is 11.3 Å². The Morgan fingerprint density at radius 1 is 1.16 bits per heavy atom. The summed E-state index contributed by atoms with van der Waals surface area (Å²) >= 11 is 1.35. The van der Waals surface area contributed by atoms with E-state index in [0.29, 0.717) is 16.6 Å². The summed E-state index contributed by atoms with van der Waals surface area (Å²) in [7, 11) is 0. The Morgan fingerprint density at radius 3 is 2.69 bits per heavy atom. The van der Waals surface area contributed by atoms with Gasteiger partial charge in [-0.1, -0.05) is 12.1 Å². The van der Waals surface area contributed by atoms with E-state index in [4.69, 9.17) is 9.47 Å². The molecule has 1 atom stereocenters. The molecule has 1 aliphatic rings. The molecule has 2 aromatic carbocycles. The van der Waals surface area contributed by atoms with Crippen molar-refractivity contribution in [3.05, 3.63) is 77.2 Å². The first-order valence-corrected chi connectivity index (χ1v) is 11.0. The molecular weight excluding hydrogens is 429 g/mol. The zero-order chi connectivity index (χ0) is 22.2. The molecule has 32 heavy (non-hydrogen) atoms. The summed E-state index contributed by atoms with van der Waals surface area (Å²) in [6.07, 6.45) is -0.749. The van der Waals surface area contributed by atoms with E-state index in [-0.39, 0.29) is 18.3 Å². The normalized spacial score (nSPS) is 14.9. The van der Waals surface area contributed by atoms with Crippen molar-refractivity contribution in [3.8, 4) is 28.4 Å². The second-order valence-corrected chi connectivity index (χ2v) is 8.35. The standard InChI is InChI=1S/C24H20FN3O3S/c1-14-11-18(15(2)28(14)17-9-7-16(25)8-10-17)19-13-32-24(26-19)27-23(29)22-12-30-20-5-3-4-6-21(20)31-22/h3-11,13,22H,12H2,1-2H3,(H,26,27,29)/t22-/m1/s1. The largest absolute Gasteiger partial charge is 0.485 e. The van der Waals surface area contributed by atoms with Crippen LogP contribution in [0.5, 0.6) is 11.5 Å². The summed E-state index contributed by atoms with van der Waals surface area (Å²) in [6, 6.07) is 15.7. The molecule has 0 spiro atoms. The number of thiazole rings is 1. The molecule has 1 aliphatic heterocycles. The molecule has 0 radical (unpaired) electrons. The molecule has 3 heterocycles. The Hall–Kier alpha value is -3.65. The van der Waals surface area contributed by atoms with Gasteiger partial charge in [-0.3, -0.25) is 10.1 Å². The Kier molecular flexibility index (Phi) is 5.14. The van der Waals surface area contributed by atoms with Crippen LogP contribution in [-0.4, -0.2) is 28.2 Å². The molecule has 0 aliphatic carbocycles. The van der Waals surface area contributed by atoms with E-state index in [1.807, 2.05) is 37.4 Å². The fourth-order valence-electron chi connectivity index (χ4n) is 3.80. The monoisotopic (exact) mass is 449 g/mol. The number of nitrogens with one attached hydrogen (secondary N) is 1. The zero-order valence-corrected chi connectivity index (χ0v) is 18.3. The van der Waals surface area contributed by atoms with Crippen molar-refractivity contribution in [2.45, 2.75) is 20.0 Å². The fraction of sp³-hybridized carbons (Fsp3) is 0.167. The lowest BCUT2D eigenvalue weighted by molar-refractivity contribution is -0.125. The molecule has 8 heteroatoms. The molecule has 0 unspecified atom stereocenters. The van der Waals surface area contributed by atoms with Crippen molar-refractivity contribution >= 4 is 22.4 Å². The van der Waals surface area contributed by atoms with Crippen LogP contribution < -0.4 is 14.8 Å². The first kappa shape index (κ1) is 20.3. The molecule has 4 aromatic rings. The molecular formula is C24H20FN3O3S. The third kappa shape index (κ3) is 3.73. The number of para-hydroxylation sites is 2. The molecule has 0 bridgehead atoms. The number of rotatable bonds is 4. The van der Waals surface area contributed by atoms with Gasteiger partial charge >= 0.3 is 0 Å². The average Bonchev–Trinajstić information content (AvgIpc) is 3.37. The van der Waals surface area contributed by atoms with Gasteiger partial charge in [0.25, 0.3) is 5.91 Å². The summed E-state index contributed by atoms with van der Waals surface area (Å²) in [5, 5.41) is 5.21. The van der Waals surface area contributed by atoms with E-state index in [2.05, 4.69) is 14.9 Å². The van der Waals surface area contributed by atoms with Gasteiger partial charge in [-0.25, -0.2) is 9.37 Å². The van der Waals surface area contributed by atoms with Crippen LogP contribution in [0, 0.1) is 19.7 Å².